The molecule has 0 radical (unpaired) electrons. The Morgan fingerprint density at radius 3 is 2.33 bits per heavy atom. The number of aryl methyl sites for hydroxylation is 2. The average molecular weight is 265 g/mol. The van der Waals surface area contributed by atoms with Gasteiger partial charge < -0.3 is 5.32 Å². The second-order valence-corrected chi connectivity index (χ2v) is 7.63. The molecule has 0 spiro atoms. The van der Waals surface area contributed by atoms with Crippen LogP contribution in [0.25, 0.3) is 0 Å². The van der Waals surface area contributed by atoms with Crippen molar-refractivity contribution in [3.05, 3.63) is 21.4 Å². The maximum absolute atomic E-state index is 3.90. The number of hydrogen-bond donors (Lipinski definition) is 1. The van der Waals surface area contributed by atoms with Gasteiger partial charge in [-0.15, -0.1) is 11.3 Å². The van der Waals surface area contributed by atoms with Crippen molar-refractivity contribution in [3.8, 4) is 0 Å². The van der Waals surface area contributed by atoms with Crippen molar-refractivity contribution in [1.82, 2.24) is 5.32 Å². The highest BCUT2D eigenvalue weighted by Gasteiger charge is 2.29. The summed E-state index contributed by atoms with van der Waals surface area (Å²) in [7, 11) is 0. The zero-order valence-electron chi connectivity index (χ0n) is 12.4. The minimum Gasteiger partial charge on any atom is -0.307 e. The zero-order chi connectivity index (χ0) is 13.3. The van der Waals surface area contributed by atoms with E-state index >= 15 is 0 Å². The molecule has 1 saturated carbocycles. The summed E-state index contributed by atoms with van der Waals surface area (Å²) in [6.45, 7) is 11.6. The smallest absolute Gasteiger partial charge is 0.0305 e. The quantitative estimate of drug-likeness (QED) is 0.824. The fourth-order valence-electron chi connectivity index (χ4n) is 3.47. The minimum absolute atomic E-state index is 0.489. The first-order chi connectivity index (χ1) is 8.49. The van der Waals surface area contributed by atoms with Crippen LogP contribution in [-0.2, 0) is 0 Å². The third-order valence-corrected chi connectivity index (χ3v) is 5.52. The summed E-state index contributed by atoms with van der Waals surface area (Å²) in [4.78, 5) is 2.91. The minimum atomic E-state index is 0.489. The fraction of sp³-hybridized carbons (Fsp3) is 0.750. The highest BCUT2D eigenvalue weighted by molar-refractivity contribution is 7.12. The normalized spacial score (nSPS) is 30.4. The van der Waals surface area contributed by atoms with E-state index in [-0.39, 0.29) is 0 Å². The van der Waals surface area contributed by atoms with E-state index in [1.54, 1.807) is 0 Å². The van der Waals surface area contributed by atoms with Gasteiger partial charge in [0.2, 0.25) is 0 Å². The molecule has 0 amide bonds. The van der Waals surface area contributed by atoms with Crippen LogP contribution in [0.2, 0.25) is 0 Å². The van der Waals surface area contributed by atoms with Crippen LogP contribution in [0.4, 0.5) is 0 Å². The van der Waals surface area contributed by atoms with Crippen molar-refractivity contribution in [2.45, 2.75) is 66.0 Å². The van der Waals surface area contributed by atoms with Gasteiger partial charge in [-0.25, -0.2) is 0 Å². The number of hydrogen-bond acceptors (Lipinski definition) is 2. The Morgan fingerprint density at radius 1 is 1.22 bits per heavy atom. The van der Waals surface area contributed by atoms with Crippen LogP contribution in [0.1, 0.15) is 61.4 Å². The molecule has 0 aliphatic heterocycles. The third-order valence-electron chi connectivity index (χ3n) is 4.53. The number of thiophene rings is 1. The van der Waals surface area contributed by atoms with Gasteiger partial charge in [0.1, 0.15) is 0 Å². The summed E-state index contributed by atoms with van der Waals surface area (Å²) < 4.78 is 0. The van der Waals surface area contributed by atoms with Crippen molar-refractivity contribution in [2.75, 3.05) is 0 Å². The molecule has 0 aromatic carbocycles. The van der Waals surface area contributed by atoms with Crippen LogP contribution in [0, 0.1) is 25.7 Å². The van der Waals surface area contributed by atoms with E-state index in [0.29, 0.717) is 12.1 Å². The van der Waals surface area contributed by atoms with Crippen LogP contribution < -0.4 is 5.32 Å². The largest absolute Gasteiger partial charge is 0.307 e. The van der Waals surface area contributed by atoms with Gasteiger partial charge in [-0.1, -0.05) is 20.3 Å². The van der Waals surface area contributed by atoms with Crippen LogP contribution in [-0.4, -0.2) is 6.04 Å². The first-order valence-corrected chi connectivity index (χ1v) is 8.13. The van der Waals surface area contributed by atoms with Gasteiger partial charge >= 0.3 is 0 Å². The molecule has 1 aromatic rings. The molecule has 18 heavy (non-hydrogen) atoms. The van der Waals surface area contributed by atoms with Crippen molar-refractivity contribution >= 4 is 11.3 Å². The molecule has 3 unspecified atom stereocenters. The third kappa shape index (κ3) is 2.97. The van der Waals surface area contributed by atoms with Crippen LogP contribution in [0.3, 0.4) is 0 Å². The Hall–Kier alpha value is -0.340. The summed E-state index contributed by atoms with van der Waals surface area (Å²) in [5, 5.41) is 3.90. The Labute approximate surface area is 116 Å². The van der Waals surface area contributed by atoms with Gasteiger partial charge in [-0.3, -0.25) is 0 Å². The molecule has 1 aliphatic rings. The van der Waals surface area contributed by atoms with Crippen molar-refractivity contribution in [2.24, 2.45) is 11.8 Å². The van der Waals surface area contributed by atoms with Gasteiger partial charge in [0.25, 0.3) is 0 Å². The lowest BCUT2D eigenvalue weighted by molar-refractivity contribution is 0.196. The molecular formula is C16H27NS. The molecule has 1 N–H and O–H groups in total. The highest BCUT2D eigenvalue weighted by atomic mass is 32.1. The highest BCUT2D eigenvalue weighted by Crippen LogP contribution is 2.32. The SMILES string of the molecule is Cc1cc(C(C)NC2C(C)CCCC2C)c(C)s1. The van der Waals surface area contributed by atoms with E-state index in [4.69, 9.17) is 0 Å². The Bertz CT molecular complexity index is 386. The van der Waals surface area contributed by atoms with Crippen LogP contribution >= 0.6 is 11.3 Å². The molecule has 2 heteroatoms. The molecule has 1 aliphatic carbocycles. The van der Waals surface area contributed by atoms with Gasteiger partial charge in [0.15, 0.2) is 0 Å². The molecule has 1 fully saturated rings. The van der Waals surface area contributed by atoms with E-state index in [0.717, 1.165) is 11.8 Å². The summed E-state index contributed by atoms with van der Waals surface area (Å²) >= 11 is 1.92. The molecule has 0 saturated heterocycles. The lowest BCUT2D eigenvalue weighted by atomic mass is 9.78. The molecule has 1 aromatic heterocycles. The topological polar surface area (TPSA) is 12.0 Å². The molecule has 1 nitrogen and oxygen atoms in total. The number of nitrogens with one attached hydrogen (secondary N) is 1. The standard InChI is InChI=1S/C16H27NS/c1-10-7-6-8-11(2)16(10)17-13(4)15-9-12(3)18-14(15)5/h9-11,13,16-17H,6-8H2,1-5H3. The zero-order valence-corrected chi connectivity index (χ0v) is 13.2. The maximum Gasteiger partial charge on any atom is 0.0305 e. The van der Waals surface area contributed by atoms with Crippen molar-refractivity contribution in [1.29, 1.82) is 0 Å². The van der Waals surface area contributed by atoms with Gasteiger partial charge in [-0.2, -0.15) is 0 Å². The lowest BCUT2D eigenvalue weighted by Gasteiger charge is -2.37. The Balaban J connectivity index is 2.06. The van der Waals surface area contributed by atoms with Gasteiger partial charge in [0, 0.05) is 21.8 Å². The predicted octanol–water partition coefficient (Wildman–Crippen LogP) is 4.84. The molecular weight excluding hydrogens is 238 g/mol. The summed E-state index contributed by atoms with van der Waals surface area (Å²) in [5.74, 6) is 1.63. The van der Waals surface area contributed by atoms with E-state index in [1.165, 1.54) is 34.6 Å². The first kappa shape index (κ1) is 14.1. The second-order valence-electron chi connectivity index (χ2n) is 6.17. The lowest BCUT2D eigenvalue weighted by Crippen LogP contribution is -2.43. The first-order valence-electron chi connectivity index (χ1n) is 7.32. The maximum atomic E-state index is 3.90. The Morgan fingerprint density at radius 2 is 1.83 bits per heavy atom. The predicted molar refractivity (Wildman–Crippen MR) is 81.3 cm³/mol. The van der Waals surface area contributed by atoms with Crippen molar-refractivity contribution in [3.63, 3.8) is 0 Å². The second kappa shape index (κ2) is 5.75. The van der Waals surface area contributed by atoms with E-state index in [9.17, 15) is 0 Å². The Kier molecular flexibility index (Phi) is 4.50. The fourth-order valence-corrected chi connectivity index (χ4v) is 4.49. The van der Waals surface area contributed by atoms with Crippen molar-refractivity contribution < 1.29 is 0 Å². The van der Waals surface area contributed by atoms with E-state index in [1.807, 2.05) is 11.3 Å². The van der Waals surface area contributed by atoms with Gasteiger partial charge in [0.05, 0.1) is 0 Å². The molecule has 1 heterocycles. The van der Waals surface area contributed by atoms with E-state index < -0.39 is 0 Å². The molecule has 2 rings (SSSR count). The number of rotatable bonds is 3. The summed E-state index contributed by atoms with van der Waals surface area (Å²) in [5.41, 5.74) is 1.50. The van der Waals surface area contributed by atoms with Crippen LogP contribution in [0.5, 0.6) is 0 Å². The summed E-state index contributed by atoms with van der Waals surface area (Å²) in [6, 6.07) is 3.53. The molecule has 102 valence electrons. The monoisotopic (exact) mass is 265 g/mol. The average Bonchev–Trinajstić information content (AvgIpc) is 2.63. The van der Waals surface area contributed by atoms with Crippen LogP contribution in [0.15, 0.2) is 6.07 Å². The van der Waals surface area contributed by atoms with E-state index in [2.05, 4.69) is 46.0 Å². The molecule has 0 bridgehead atoms. The summed E-state index contributed by atoms with van der Waals surface area (Å²) in [6.07, 6.45) is 4.18. The molecule has 3 atom stereocenters. The van der Waals surface area contributed by atoms with Gasteiger partial charge in [-0.05, 0) is 57.1 Å².